The van der Waals surface area contributed by atoms with Crippen LogP contribution >= 0.6 is 0 Å². The van der Waals surface area contributed by atoms with Gasteiger partial charge in [0, 0.05) is 38.5 Å². The van der Waals surface area contributed by atoms with E-state index in [1.807, 2.05) is 0 Å². The fourth-order valence-electron chi connectivity index (χ4n) is 5.52. The highest BCUT2D eigenvalue weighted by Crippen LogP contribution is 2.35. The molecule has 13 heteroatoms. The number of halogens is 3. The van der Waals surface area contributed by atoms with Crippen molar-refractivity contribution in [1.82, 2.24) is 9.21 Å². The maximum absolute atomic E-state index is 13.5. The molecule has 1 N–H and O–H groups in total. The highest BCUT2D eigenvalue weighted by atomic mass is 32.2. The predicted octanol–water partition coefficient (Wildman–Crippen LogP) is 4.92. The smallest absolute Gasteiger partial charge is 0.416 e. The van der Waals surface area contributed by atoms with Gasteiger partial charge in [0.2, 0.25) is 16.3 Å². The van der Waals surface area contributed by atoms with E-state index in [2.05, 4.69) is 0 Å². The zero-order chi connectivity index (χ0) is 31.9. The summed E-state index contributed by atoms with van der Waals surface area (Å²) < 4.78 is 84.1. The van der Waals surface area contributed by atoms with Crippen molar-refractivity contribution in [3.63, 3.8) is 0 Å². The van der Waals surface area contributed by atoms with Crippen molar-refractivity contribution in [1.29, 1.82) is 0 Å². The van der Waals surface area contributed by atoms with Crippen LogP contribution in [0.5, 0.6) is 5.75 Å². The summed E-state index contributed by atoms with van der Waals surface area (Å²) >= 11 is 0. The zero-order valence-corrected chi connectivity index (χ0v) is 25.6. The number of allylic oxidation sites excluding steroid dienone is 1. The van der Waals surface area contributed by atoms with Crippen LogP contribution in [0.2, 0.25) is 0 Å². The summed E-state index contributed by atoms with van der Waals surface area (Å²) in [6.07, 6.45) is 1.28. The Bertz CT molecular complexity index is 1380. The van der Waals surface area contributed by atoms with Gasteiger partial charge in [-0.15, -0.1) is 0 Å². The summed E-state index contributed by atoms with van der Waals surface area (Å²) in [7, 11) is -0.788. The first kappa shape index (κ1) is 33.8. The van der Waals surface area contributed by atoms with Crippen molar-refractivity contribution in [2.75, 3.05) is 40.5 Å². The lowest BCUT2D eigenvalue weighted by Gasteiger charge is -2.35. The first-order valence-electron chi connectivity index (χ1n) is 14.6. The second-order valence-corrected chi connectivity index (χ2v) is 12.9. The number of aliphatic hydroxyl groups is 1. The molecule has 2 aromatic rings. The van der Waals surface area contributed by atoms with Crippen molar-refractivity contribution in [3.8, 4) is 5.75 Å². The highest BCUT2D eigenvalue weighted by Gasteiger charge is 2.34. The minimum atomic E-state index is -4.48. The molecule has 0 unspecified atom stereocenters. The maximum Gasteiger partial charge on any atom is 0.416 e. The molecule has 1 fully saturated rings. The van der Waals surface area contributed by atoms with Gasteiger partial charge in [0.15, 0.2) is 5.76 Å². The standard InChI is InChI=1S/C31H39F3N2O7S/c1-35(25-6-4-3-5-7-25)30(38)28-20-23(22-8-10-24(11-9-22)31(32,33)34)21-29(43-28)42-19-17-36(16-18-37)44(39,40)27-14-12-26(41-2)13-15-27/h8-15,20,23,25,29,37H,3-7,16-19,21H2,1-2H3/t23-,29+/m0/s1. The molecule has 0 bridgehead atoms. The Kier molecular flexibility index (Phi) is 11.3. The predicted molar refractivity (Wildman–Crippen MR) is 156 cm³/mol. The van der Waals surface area contributed by atoms with E-state index in [1.165, 1.54) is 43.5 Å². The SMILES string of the molecule is COc1ccc(S(=O)(=O)N(CCO)CCO[C@H]2C[C@@H](c3ccc(C(F)(F)F)cc3)C=C(C(=O)N(C)C3CCCCC3)O2)cc1. The third-order valence-electron chi connectivity index (χ3n) is 8.07. The van der Waals surface area contributed by atoms with E-state index in [1.54, 1.807) is 18.0 Å². The second-order valence-electron chi connectivity index (χ2n) is 10.9. The molecular weight excluding hydrogens is 601 g/mol. The molecular formula is C31H39F3N2O7S. The Labute approximate surface area is 256 Å². The minimum absolute atomic E-state index is 0.0181. The average Bonchev–Trinajstić information content (AvgIpc) is 3.03. The minimum Gasteiger partial charge on any atom is -0.497 e. The van der Waals surface area contributed by atoms with Gasteiger partial charge in [-0.2, -0.15) is 17.5 Å². The lowest BCUT2D eigenvalue weighted by Crippen LogP contribution is -2.41. The monoisotopic (exact) mass is 640 g/mol. The van der Waals surface area contributed by atoms with Crippen LogP contribution in [0, 0.1) is 0 Å². The van der Waals surface area contributed by atoms with Gasteiger partial charge in [0.1, 0.15) is 5.75 Å². The normalized spacial score (nSPS) is 19.8. The molecule has 1 aliphatic heterocycles. The van der Waals surface area contributed by atoms with Gasteiger partial charge in [-0.25, -0.2) is 8.42 Å². The third-order valence-corrected chi connectivity index (χ3v) is 9.98. The van der Waals surface area contributed by atoms with Crippen molar-refractivity contribution in [2.24, 2.45) is 0 Å². The number of rotatable bonds is 12. The molecule has 0 saturated heterocycles. The van der Waals surface area contributed by atoms with Crippen LogP contribution in [0.1, 0.15) is 55.6 Å². The van der Waals surface area contributed by atoms with Gasteiger partial charge < -0.3 is 24.2 Å². The maximum atomic E-state index is 13.5. The van der Waals surface area contributed by atoms with Crippen molar-refractivity contribution in [2.45, 2.75) is 67.8 Å². The fourth-order valence-corrected chi connectivity index (χ4v) is 6.93. The van der Waals surface area contributed by atoms with Gasteiger partial charge in [-0.1, -0.05) is 31.4 Å². The molecule has 0 aromatic heterocycles. The number of sulfonamides is 1. The highest BCUT2D eigenvalue weighted by molar-refractivity contribution is 7.89. The van der Waals surface area contributed by atoms with Gasteiger partial charge in [-0.05, 0) is 60.9 Å². The molecule has 2 atom stereocenters. The molecule has 0 radical (unpaired) electrons. The second kappa shape index (κ2) is 14.8. The number of carbonyl (C=O) groups is 1. The fraction of sp³-hybridized carbons (Fsp3) is 0.516. The van der Waals surface area contributed by atoms with Gasteiger partial charge >= 0.3 is 6.18 Å². The van der Waals surface area contributed by atoms with E-state index in [0.29, 0.717) is 11.3 Å². The first-order valence-corrected chi connectivity index (χ1v) is 16.1. The molecule has 2 aliphatic rings. The molecule has 0 spiro atoms. The zero-order valence-electron chi connectivity index (χ0n) is 24.8. The van der Waals surface area contributed by atoms with Crippen LogP contribution in [-0.4, -0.2) is 81.4 Å². The number of methoxy groups -OCH3 is 1. The Balaban J connectivity index is 1.50. The number of nitrogens with zero attached hydrogens (tertiary/aromatic N) is 2. The van der Waals surface area contributed by atoms with Gasteiger partial charge in [0.05, 0.1) is 30.8 Å². The van der Waals surface area contributed by atoms with Crippen molar-refractivity contribution in [3.05, 3.63) is 71.5 Å². The van der Waals surface area contributed by atoms with Crippen LogP contribution in [0.4, 0.5) is 13.2 Å². The van der Waals surface area contributed by atoms with Crippen LogP contribution in [0.15, 0.2) is 65.3 Å². The Morgan fingerprint density at radius 3 is 2.27 bits per heavy atom. The summed E-state index contributed by atoms with van der Waals surface area (Å²) in [5.74, 6) is -0.291. The number of likely N-dealkylation sites (N-methyl/N-ethyl adjacent to an activating group) is 1. The number of alkyl halides is 3. The van der Waals surface area contributed by atoms with Gasteiger partial charge in [-0.3, -0.25) is 4.79 Å². The Hall–Kier alpha value is -3.13. The molecule has 1 aliphatic carbocycles. The Morgan fingerprint density at radius 1 is 1.02 bits per heavy atom. The number of hydrogen-bond acceptors (Lipinski definition) is 7. The molecule has 2 aromatic carbocycles. The molecule has 1 heterocycles. The van der Waals surface area contributed by atoms with E-state index in [9.17, 15) is 31.5 Å². The van der Waals surface area contributed by atoms with E-state index in [-0.39, 0.29) is 48.7 Å². The molecule has 1 amide bonds. The number of benzene rings is 2. The third kappa shape index (κ3) is 8.32. The summed E-state index contributed by atoms with van der Waals surface area (Å²) in [4.78, 5) is 15.2. The van der Waals surface area contributed by atoms with E-state index >= 15 is 0 Å². The van der Waals surface area contributed by atoms with E-state index in [4.69, 9.17) is 14.2 Å². The quantitative estimate of drug-likeness (QED) is 0.351. The van der Waals surface area contributed by atoms with Crippen LogP contribution in [0.3, 0.4) is 0 Å². The molecule has 44 heavy (non-hydrogen) atoms. The lowest BCUT2D eigenvalue weighted by atomic mass is 9.91. The lowest BCUT2D eigenvalue weighted by molar-refractivity contribution is -0.153. The number of aliphatic hydroxyl groups excluding tert-OH is 1. The van der Waals surface area contributed by atoms with Gasteiger partial charge in [0.25, 0.3) is 5.91 Å². The molecule has 242 valence electrons. The van der Waals surface area contributed by atoms with E-state index in [0.717, 1.165) is 48.5 Å². The number of hydrogen-bond donors (Lipinski definition) is 1. The average molecular weight is 641 g/mol. The topological polar surface area (TPSA) is 106 Å². The Morgan fingerprint density at radius 2 is 1.68 bits per heavy atom. The summed E-state index contributed by atoms with van der Waals surface area (Å²) in [6, 6.07) is 10.7. The summed E-state index contributed by atoms with van der Waals surface area (Å²) in [5.41, 5.74) is -0.218. The molecule has 4 rings (SSSR count). The first-order chi connectivity index (χ1) is 20.9. The number of carbonyl (C=O) groups excluding carboxylic acids is 1. The summed E-state index contributed by atoms with van der Waals surface area (Å²) in [6.45, 7) is -0.831. The van der Waals surface area contributed by atoms with Crippen LogP contribution in [0.25, 0.3) is 0 Å². The molecule has 9 nitrogen and oxygen atoms in total. The van der Waals surface area contributed by atoms with Crippen LogP contribution in [-0.2, 0) is 30.5 Å². The van der Waals surface area contributed by atoms with E-state index < -0.39 is 40.6 Å². The van der Waals surface area contributed by atoms with Crippen molar-refractivity contribution >= 4 is 15.9 Å². The molecule has 1 saturated carbocycles. The summed E-state index contributed by atoms with van der Waals surface area (Å²) in [5, 5.41) is 9.55. The van der Waals surface area contributed by atoms with Crippen molar-refractivity contribution < 1.29 is 45.7 Å². The number of amides is 1. The van der Waals surface area contributed by atoms with Crippen LogP contribution < -0.4 is 4.74 Å². The largest absolute Gasteiger partial charge is 0.497 e. The number of ether oxygens (including phenoxy) is 3.